The molecule has 2 aliphatic heterocycles. The number of piperidine rings is 1. The summed E-state index contributed by atoms with van der Waals surface area (Å²) in [5, 5.41) is 0. The maximum absolute atomic E-state index is 12.7. The van der Waals surface area contributed by atoms with Gasteiger partial charge in [-0.2, -0.15) is 4.31 Å². The number of nitrogens with zero attached hydrogens (tertiary/aromatic N) is 3. The van der Waals surface area contributed by atoms with Crippen molar-refractivity contribution in [1.29, 1.82) is 0 Å². The number of hydrogen-bond donors (Lipinski definition) is 0. The molecule has 0 aromatic heterocycles. The molecule has 0 N–H and O–H groups in total. The monoisotopic (exact) mass is 379 g/mol. The predicted octanol–water partition coefficient (Wildman–Crippen LogP) is 2.03. The summed E-state index contributed by atoms with van der Waals surface area (Å²) in [5.74, 6) is -0.0110. The Morgan fingerprint density at radius 2 is 1.54 bits per heavy atom. The number of rotatable bonds is 5. The van der Waals surface area contributed by atoms with Crippen molar-refractivity contribution in [2.75, 3.05) is 45.8 Å². The largest absolute Gasteiger partial charge is 0.336 e. The van der Waals surface area contributed by atoms with Gasteiger partial charge in [-0.1, -0.05) is 13.3 Å². The molecule has 0 radical (unpaired) electrons. The third-order valence-corrected chi connectivity index (χ3v) is 7.17. The van der Waals surface area contributed by atoms with E-state index in [1.807, 2.05) is 4.90 Å². The zero-order valence-corrected chi connectivity index (χ0v) is 16.4. The molecular formula is C19H29N3O3S. The lowest BCUT2D eigenvalue weighted by Crippen LogP contribution is -2.48. The molecule has 2 aliphatic rings. The fraction of sp³-hybridized carbons (Fsp3) is 0.632. The van der Waals surface area contributed by atoms with Gasteiger partial charge in [0.2, 0.25) is 10.0 Å². The highest BCUT2D eigenvalue weighted by Crippen LogP contribution is 2.21. The molecule has 3 rings (SSSR count). The molecule has 0 spiro atoms. The van der Waals surface area contributed by atoms with Gasteiger partial charge >= 0.3 is 0 Å². The van der Waals surface area contributed by atoms with Crippen LogP contribution in [0.5, 0.6) is 0 Å². The lowest BCUT2D eigenvalue weighted by atomic mass is 10.2. The molecule has 6 nitrogen and oxygen atoms in total. The average molecular weight is 380 g/mol. The molecule has 1 amide bonds. The number of benzene rings is 1. The Morgan fingerprint density at radius 1 is 0.923 bits per heavy atom. The second-order valence-corrected chi connectivity index (χ2v) is 9.06. The first-order valence-corrected chi connectivity index (χ1v) is 11.1. The first-order chi connectivity index (χ1) is 12.5. The van der Waals surface area contributed by atoms with Gasteiger partial charge in [0.15, 0.2) is 0 Å². The minimum absolute atomic E-state index is 0.0110. The molecule has 144 valence electrons. The van der Waals surface area contributed by atoms with E-state index in [-0.39, 0.29) is 10.8 Å². The number of sulfonamides is 1. The molecule has 2 fully saturated rings. The lowest BCUT2D eigenvalue weighted by Gasteiger charge is -2.34. The summed E-state index contributed by atoms with van der Waals surface area (Å²) in [7, 11) is -3.44. The first-order valence-electron chi connectivity index (χ1n) is 9.64. The van der Waals surface area contributed by atoms with Gasteiger partial charge in [-0.3, -0.25) is 9.69 Å². The normalized spacial score (nSPS) is 20.3. The average Bonchev–Trinajstić information content (AvgIpc) is 2.69. The van der Waals surface area contributed by atoms with Crippen LogP contribution >= 0.6 is 0 Å². The van der Waals surface area contributed by atoms with Crippen LogP contribution in [0.3, 0.4) is 0 Å². The Balaban J connectivity index is 1.65. The van der Waals surface area contributed by atoms with Crippen molar-refractivity contribution >= 4 is 15.9 Å². The van der Waals surface area contributed by atoms with E-state index in [0.717, 1.165) is 58.4 Å². The summed E-state index contributed by atoms with van der Waals surface area (Å²) in [5.41, 5.74) is 0.562. The fourth-order valence-corrected chi connectivity index (χ4v) is 5.21. The third kappa shape index (κ3) is 4.27. The van der Waals surface area contributed by atoms with Gasteiger partial charge in [-0.25, -0.2) is 8.42 Å². The summed E-state index contributed by atoms with van der Waals surface area (Å²) in [6.45, 7) is 7.68. The summed E-state index contributed by atoms with van der Waals surface area (Å²) in [4.78, 5) is 17.2. The molecule has 1 aromatic rings. The molecule has 0 unspecified atom stereocenters. The molecule has 2 heterocycles. The number of amides is 1. The fourth-order valence-electron chi connectivity index (χ4n) is 3.70. The summed E-state index contributed by atoms with van der Waals surface area (Å²) < 4.78 is 26.9. The second-order valence-electron chi connectivity index (χ2n) is 7.12. The van der Waals surface area contributed by atoms with Crippen LogP contribution in [0.15, 0.2) is 29.2 Å². The Labute approximate surface area is 156 Å². The van der Waals surface area contributed by atoms with Crippen LogP contribution in [0.1, 0.15) is 43.0 Å². The topological polar surface area (TPSA) is 60.9 Å². The predicted molar refractivity (Wildman–Crippen MR) is 102 cm³/mol. The molecular weight excluding hydrogens is 350 g/mol. The SMILES string of the molecule is CCCN1CCN(C(=O)c2ccc(S(=O)(=O)N3CCCCC3)cc2)CC1. The van der Waals surface area contributed by atoms with Gasteiger partial charge in [0.05, 0.1) is 4.90 Å². The Bertz CT molecular complexity index is 704. The molecule has 1 aromatic carbocycles. The van der Waals surface area contributed by atoms with Crippen LogP contribution in [-0.4, -0.2) is 74.2 Å². The van der Waals surface area contributed by atoms with Crippen molar-refractivity contribution in [2.24, 2.45) is 0 Å². The zero-order chi connectivity index (χ0) is 18.6. The number of carbonyl (C=O) groups is 1. The van der Waals surface area contributed by atoms with E-state index in [4.69, 9.17) is 0 Å². The van der Waals surface area contributed by atoms with Crippen molar-refractivity contribution in [3.8, 4) is 0 Å². The van der Waals surface area contributed by atoms with Crippen molar-refractivity contribution < 1.29 is 13.2 Å². The second kappa shape index (κ2) is 8.50. The highest BCUT2D eigenvalue weighted by atomic mass is 32.2. The van der Waals surface area contributed by atoms with Crippen LogP contribution in [0.25, 0.3) is 0 Å². The summed E-state index contributed by atoms with van der Waals surface area (Å²) >= 11 is 0. The van der Waals surface area contributed by atoms with E-state index in [1.165, 1.54) is 0 Å². The van der Waals surface area contributed by atoms with Crippen molar-refractivity contribution in [2.45, 2.75) is 37.5 Å². The van der Waals surface area contributed by atoms with Crippen LogP contribution in [0, 0.1) is 0 Å². The maximum atomic E-state index is 12.7. The van der Waals surface area contributed by atoms with E-state index < -0.39 is 10.0 Å². The van der Waals surface area contributed by atoms with Crippen LogP contribution in [0.2, 0.25) is 0 Å². The van der Waals surface area contributed by atoms with E-state index in [2.05, 4.69) is 11.8 Å². The van der Waals surface area contributed by atoms with Gasteiger partial charge in [0, 0.05) is 44.8 Å². The third-order valence-electron chi connectivity index (χ3n) is 5.25. The molecule has 2 saturated heterocycles. The van der Waals surface area contributed by atoms with Gasteiger partial charge in [-0.05, 0) is 50.1 Å². The van der Waals surface area contributed by atoms with Gasteiger partial charge < -0.3 is 4.90 Å². The Hall–Kier alpha value is -1.44. The van der Waals surface area contributed by atoms with Gasteiger partial charge in [-0.15, -0.1) is 0 Å². The number of carbonyl (C=O) groups excluding carboxylic acids is 1. The number of piperazine rings is 1. The Morgan fingerprint density at radius 3 is 2.12 bits per heavy atom. The van der Waals surface area contributed by atoms with E-state index in [1.54, 1.807) is 28.6 Å². The van der Waals surface area contributed by atoms with E-state index in [9.17, 15) is 13.2 Å². The maximum Gasteiger partial charge on any atom is 0.253 e. The lowest BCUT2D eigenvalue weighted by molar-refractivity contribution is 0.0637. The quantitative estimate of drug-likeness (QED) is 0.785. The molecule has 0 bridgehead atoms. The molecule has 0 atom stereocenters. The summed E-state index contributed by atoms with van der Waals surface area (Å²) in [6, 6.07) is 6.45. The van der Waals surface area contributed by atoms with Crippen molar-refractivity contribution in [3.05, 3.63) is 29.8 Å². The standard InChI is InChI=1S/C19H29N3O3S/c1-2-10-20-13-15-21(16-14-20)19(23)17-6-8-18(9-7-17)26(24,25)22-11-4-3-5-12-22/h6-9H,2-5,10-16H2,1H3. The van der Waals surface area contributed by atoms with E-state index in [0.29, 0.717) is 18.7 Å². The first kappa shape index (κ1) is 19.3. The number of hydrogen-bond acceptors (Lipinski definition) is 4. The highest BCUT2D eigenvalue weighted by Gasteiger charge is 2.27. The minimum atomic E-state index is -3.44. The molecule has 0 aliphatic carbocycles. The van der Waals surface area contributed by atoms with Gasteiger partial charge in [0.25, 0.3) is 5.91 Å². The van der Waals surface area contributed by atoms with Crippen molar-refractivity contribution in [1.82, 2.24) is 14.1 Å². The molecule has 7 heteroatoms. The smallest absolute Gasteiger partial charge is 0.253 e. The zero-order valence-electron chi connectivity index (χ0n) is 15.6. The van der Waals surface area contributed by atoms with Crippen LogP contribution in [0.4, 0.5) is 0 Å². The van der Waals surface area contributed by atoms with E-state index >= 15 is 0 Å². The Kier molecular flexibility index (Phi) is 6.32. The highest BCUT2D eigenvalue weighted by molar-refractivity contribution is 7.89. The molecule has 0 saturated carbocycles. The van der Waals surface area contributed by atoms with Gasteiger partial charge in [0.1, 0.15) is 0 Å². The summed E-state index contributed by atoms with van der Waals surface area (Å²) in [6.07, 6.45) is 4.05. The minimum Gasteiger partial charge on any atom is -0.336 e. The van der Waals surface area contributed by atoms with Crippen LogP contribution < -0.4 is 0 Å². The molecule has 26 heavy (non-hydrogen) atoms. The van der Waals surface area contributed by atoms with Crippen molar-refractivity contribution in [3.63, 3.8) is 0 Å². The van der Waals surface area contributed by atoms with Crippen LogP contribution in [-0.2, 0) is 10.0 Å².